The van der Waals surface area contributed by atoms with E-state index in [-0.39, 0.29) is 11.8 Å². The predicted octanol–water partition coefficient (Wildman–Crippen LogP) is 3.20. The van der Waals surface area contributed by atoms with E-state index in [1.165, 1.54) is 12.8 Å². The number of nitrogens with zero attached hydrogens (tertiary/aromatic N) is 4. The third-order valence-corrected chi connectivity index (χ3v) is 5.75. The third kappa shape index (κ3) is 5.29. The fourth-order valence-electron chi connectivity index (χ4n) is 4.08. The van der Waals surface area contributed by atoms with Gasteiger partial charge in [-0.1, -0.05) is 31.0 Å². The zero-order valence-electron chi connectivity index (χ0n) is 17.8. The molecule has 1 aromatic carbocycles. The van der Waals surface area contributed by atoms with Crippen molar-refractivity contribution in [1.82, 2.24) is 24.8 Å². The summed E-state index contributed by atoms with van der Waals surface area (Å²) in [4.78, 5) is 36.0. The van der Waals surface area contributed by atoms with E-state index in [1.807, 2.05) is 33.7 Å². The summed E-state index contributed by atoms with van der Waals surface area (Å²) in [5.41, 5.74) is 2.30. The average Bonchev–Trinajstić information content (AvgIpc) is 2.96. The maximum Gasteiger partial charge on any atom is 0.269 e. The van der Waals surface area contributed by atoms with Crippen molar-refractivity contribution in [3.05, 3.63) is 60.2 Å². The molecule has 2 aromatic heterocycles. The molecule has 1 aliphatic rings. The Morgan fingerprint density at radius 3 is 2.52 bits per heavy atom. The molecule has 1 N–H and O–H groups in total. The second kappa shape index (κ2) is 10.2. The van der Waals surface area contributed by atoms with E-state index in [9.17, 15) is 9.59 Å². The van der Waals surface area contributed by atoms with E-state index >= 15 is 0 Å². The number of carbonyl (C=O) groups excluding carboxylic acids is 2. The largest absolute Gasteiger partial charge is 0.351 e. The van der Waals surface area contributed by atoms with E-state index < -0.39 is 0 Å². The van der Waals surface area contributed by atoms with E-state index in [2.05, 4.69) is 10.3 Å². The molecule has 1 saturated heterocycles. The summed E-state index contributed by atoms with van der Waals surface area (Å²) < 4.78 is 2.04. The van der Waals surface area contributed by atoms with Crippen molar-refractivity contribution in [3.63, 3.8) is 0 Å². The van der Waals surface area contributed by atoms with Gasteiger partial charge in [-0.25, -0.2) is 4.98 Å². The Bertz CT molecular complexity index is 1020. The Morgan fingerprint density at radius 2 is 1.74 bits per heavy atom. The summed E-state index contributed by atoms with van der Waals surface area (Å²) in [6.45, 7) is 2.54. The van der Waals surface area contributed by atoms with Crippen LogP contribution in [0.25, 0.3) is 11.0 Å². The van der Waals surface area contributed by atoms with Gasteiger partial charge in [0.2, 0.25) is 5.91 Å². The van der Waals surface area contributed by atoms with Crippen LogP contribution in [0, 0.1) is 0 Å². The third-order valence-electron chi connectivity index (χ3n) is 5.75. The number of hydrogen-bond acceptors (Lipinski definition) is 4. The maximum atomic E-state index is 13.0. The summed E-state index contributed by atoms with van der Waals surface area (Å²) in [6, 6.07) is 13.2. The molecule has 2 amide bonds. The quantitative estimate of drug-likeness (QED) is 0.597. The molecular weight excluding hydrogens is 390 g/mol. The number of amides is 2. The van der Waals surface area contributed by atoms with Gasteiger partial charge >= 0.3 is 0 Å². The number of likely N-dealkylation sites (tertiary alicyclic amines) is 1. The first kappa shape index (κ1) is 21.0. The molecule has 3 heterocycles. The van der Waals surface area contributed by atoms with Crippen LogP contribution in [0.2, 0.25) is 0 Å². The Morgan fingerprint density at radius 1 is 0.968 bits per heavy atom. The van der Waals surface area contributed by atoms with Crippen LogP contribution in [-0.2, 0) is 17.8 Å². The lowest BCUT2D eigenvalue weighted by atomic mass is 10.2. The van der Waals surface area contributed by atoms with Gasteiger partial charge < -0.3 is 14.8 Å². The van der Waals surface area contributed by atoms with Gasteiger partial charge in [0.25, 0.3) is 5.91 Å². The molecule has 7 heteroatoms. The van der Waals surface area contributed by atoms with Crippen LogP contribution in [-0.4, -0.2) is 50.9 Å². The molecule has 0 radical (unpaired) electrons. The number of pyridine rings is 1. The first-order chi connectivity index (χ1) is 15.2. The van der Waals surface area contributed by atoms with Gasteiger partial charge in [0.15, 0.2) is 0 Å². The van der Waals surface area contributed by atoms with Crippen LogP contribution < -0.4 is 5.32 Å². The number of aryl methyl sites for hydroxylation is 1. The molecule has 7 nitrogen and oxygen atoms in total. The number of rotatable bonds is 7. The van der Waals surface area contributed by atoms with Crippen LogP contribution in [0.1, 0.15) is 48.4 Å². The highest BCUT2D eigenvalue weighted by Gasteiger charge is 2.19. The monoisotopic (exact) mass is 419 g/mol. The molecule has 0 saturated carbocycles. The van der Waals surface area contributed by atoms with Crippen LogP contribution >= 0.6 is 0 Å². The van der Waals surface area contributed by atoms with Crippen LogP contribution in [0.4, 0.5) is 0 Å². The molecule has 1 aliphatic heterocycles. The first-order valence-electron chi connectivity index (χ1n) is 11.1. The summed E-state index contributed by atoms with van der Waals surface area (Å²) in [6.07, 6.45) is 7.60. The number of para-hydroxylation sites is 2. The topological polar surface area (TPSA) is 80.1 Å². The number of benzene rings is 1. The number of aromatic nitrogens is 3. The lowest BCUT2D eigenvalue weighted by Gasteiger charge is -2.21. The first-order valence-corrected chi connectivity index (χ1v) is 11.1. The van der Waals surface area contributed by atoms with Crippen molar-refractivity contribution in [2.24, 2.45) is 0 Å². The fraction of sp³-hybridized carbons (Fsp3) is 0.417. The summed E-state index contributed by atoms with van der Waals surface area (Å²) in [7, 11) is 0. The Hall–Kier alpha value is -3.22. The fourth-order valence-corrected chi connectivity index (χ4v) is 4.08. The Kier molecular flexibility index (Phi) is 6.92. The van der Waals surface area contributed by atoms with Crippen molar-refractivity contribution >= 4 is 22.8 Å². The minimum atomic E-state index is -0.176. The second-order valence-electron chi connectivity index (χ2n) is 7.97. The van der Waals surface area contributed by atoms with Crippen molar-refractivity contribution in [2.45, 2.75) is 45.1 Å². The van der Waals surface area contributed by atoms with Crippen molar-refractivity contribution in [1.29, 1.82) is 0 Å². The highest BCUT2D eigenvalue weighted by Crippen LogP contribution is 2.18. The molecule has 0 aliphatic carbocycles. The number of carbonyl (C=O) groups is 2. The van der Waals surface area contributed by atoms with Crippen LogP contribution in [0.15, 0.2) is 48.7 Å². The van der Waals surface area contributed by atoms with Crippen molar-refractivity contribution in [2.75, 3.05) is 19.6 Å². The van der Waals surface area contributed by atoms with Crippen LogP contribution in [0.3, 0.4) is 0 Å². The molecule has 0 bridgehead atoms. The second-order valence-corrected chi connectivity index (χ2v) is 7.97. The average molecular weight is 420 g/mol. The highest BCUT2D eigenvalue weighted by molar-refractivity contribution is 5.92. The number of nitrogens with one attached hydrogen (secondary N) is 1. The molecule has 0 spiro atoms. The van der Waals surface area contributed by atoms with E-state index in [0.717, 1.165) is 49.2 Å². The standard InChI is InChI=1S/C24H29N5O2/c30-23(28-16-7-1-2-8-17-28)18-29-21-12-4-3-10-19(21)27-22(29)13-9-15-26-24(31)20-11-5-6-14-25-20/h3-6,10-12,14H,1-2,7-9,13,15-18H2,(H,26,31). The van der Waals surface area contributed by atoms with Crippen LogP contribution in [0.5, 0.6) is 0 Å². The Labute approximate surface area is 182 Å². The minimum absolute atomic E-state index is 0.162. The van der Waals surface area contributed by atoms with Crippen molar-refractivity contribution < 1.29 is 9.59 Å². The smallest absolute Gasteiger partial charge is 0.269 e. The molecule has 1 fully saturated rings. The van der Waals surface area contributed by atoms with Gasteiger partial charge in [-0.15, -0.1) is 0 Å². The number of imidazole rings is 1. The van der Waals surface area contributed by atoms with Gasteiger partial charge in [0.1, 0.15) is 18.1 Å². The summed E-state index contributed by atoms with van der Waals surface area (Å²) in [5, 5.41) is 2.91. The van der Waals surface area contributed by atoms with E-state index in [1.54, 1.807) is 24.4 Å². The van der Waals surface area contributed by atoms with E-state index in [0.29, 0.717) is 25.2 Å². The SMILES string of the molecule is O=C(NCCCc1nc2ccccc2n1CC(=O)N1CCCCCC1)c1ccccn1. The summed E-state index contributed by atoms with van der Waals surface area (Å²) in [5.74, 6) is 0.872. The molecule has 4 rings (SSSR count). The molecular formula is C24H29N5O2. The predicted molar refractivity (Wildman–Crippen MR) is 120 cm³/mol. The molecule has 0 atom stereocenters. The molecule has 0 unspecified atom stereocenters. The molecule has 162 valence electrons. The zero-order chi connectivity index (χ0) is 21.5. The summed E-state index contributed by atoms with van der Waals surface area (Å²) >= 11 is 0. The number of hydrogen-bond donors (Lipinski definition) is 1. The van der Waals surface area contributed by atoms with Gasteiger partial charge in [0.05, 0.1) is 11.0 Å². The minimum Gasteiger partial charge on any atom is -0.351 e. The van der Waals surface area contributed by atoms with E-state index in [4.69, 9.17) is 4.98 Å². The number of fused-ring (bicyclic) bond motifs is 1. The van der Waals surface area contributed by atoms with Crippen molar-refractivity contribution in [3.8, 4) is 0 Å². The normalized spacial score (nSPS) is 14.4. The molecule has 3 aromatic rings. The Balaban J connectivity index is 1.41. The lowest BCUT2D eigenvalue weighted by molar-refractivity contribution is -0.131. The molecule has 31 heavy (non-hydrogen) atoms. The highest BCUT2D eigenvalue weighted by atomic mass is 16.2. The van der Waals surface area contributed by atoms with Gasteiger partial charge in [-0.05, 0) is 43.5 Å². The maximum absolute atomic E-state index is 13.0. The lowest BCUT2D eigenvalue weighted by Crippen LogP contribution is -2.35. The van der Waals surface area contributed by atoms with Gasteiger partial charge in [-0.3, -0.25) is 14.6 Å². The zero-order valence-corrected chi connectivity index (χ0v) is 17.8. The van der Waals surface area contributed by atoms with Gasteiger partial charge in [0, 0.05) is 32.3 Å². The van der Waals surface area contributed by atoms with Gasteiger partial charge in [-0.2, -0.15) is 0 Å².